The number of hydrogen-bond donors (Lipinski definition) is 2. The highest BCUT2D eigenvalue weighted by Crippen LogP contribution is 2.02. The average Bonchev–Trinajstić information content (AvgIpc) is 1.88. The van der Waals surface area contributed by atoms with Crippen LogP contribution in [0.3, 0.4) is 0 Å². The molecule has 0 aliphatic rings. The molecule has 2 nitrogen and oxygen atoms in total. The minimum Gasteiger partial charge on any atom is -0.361 e. The zero-order chi connectivity index (χ0) is 7.40. The van der Waals surface area contributed by atoms with Crippen LogP contribution in [0.4, 0.5) is 10.2 Å². The molecule has 0 spiro atoms. The fraction of sp³-hybridized carbons (Fsp3) is 0.167. The van der Waals surface area contributed by atoms with Crippen LogP contribution < -0.4 is 5.32 Å². The van der Waals surface area contributed by atoms with Gasteiger partial charge in [0.25, 0.3) is 0 Å². The summed E-state index contributed by atoms with van der Waals surface area (Å²) < 4.78 is 12.3. The first-order valence-corrected chi connectivity index (χ1v) is 3.43. The maximum absolute atomic E-state index is 12.3. The first kappa shape index (κ1) is 7.34. The molecule has 0 unspecified atom stereocenters. The molecule has 10 heavy (non-hydrogen) atoms. The summed E-state index contributed by atoms with van der Waals surface area (Å²) in [6.45, 7) is 0. The van der Waals surface area contributed by atoms with Crippen LogP contribution in [-0.2, 0) is 0 Å². The van der Waals surface area contributed by atoms with E-state index in [9.17, 15) is 4.39 Å². The third kappa shape index (κ3) is 1.88. The molecule has 0 amide bonds. The van der Waals surface area contributed by atoms with Crippen molar-refractivity contribution < 1.29 is 4.39 Å². The monoisotopic (exact) mass is 158 g/mol. The van der Waals surface area contributed by atoms with Crippen molar-refractivity contribution >= 4 is 18.4 Å². The van der Waals surface area contributed by atoms with Crippen LogP contribution in [0.25, 0.3) is 0 Å². The molecule has 1 rings (SSSR count). The Bertz CT molecular complexity index is 217. The predicted molar refractivity (Wildman–Crippen MR) is 41.7 cm³/mol. The number of pyridine rings is 1. The second-order valence-corrected chi connectivity index (χ2v) is 2.00. The van der Waals surface area contributed by atoms with Crippen molar-refractivity contribution in [2.75, 3.05) is 11.2 Å². The number of nitrogens with one attached hydrogen (secondary N) is 1. The van der Waals surface area contributed by atoms with Crippen molar-refractivity contribution in [1.29, 1.82) is 0 Å². The van der Waals surface area contributed by atoms with Crippen molar-refractivity contribution in [1.82, 2.24) is 4.98 Å². The Morgan fingerprint density at radius 3 is 3.00 bits per heavy atom. The van der Waals surface area contributed by atoms with E-state index in [1.54, 1.807) is 12.1 Å². The number of nitrogens with zero attached hydrogens (tertiary/aromatic N) is 1. The number of aromatic nitrogens is 1. The van der Waals surface area contributed by atoms with E-state index in [4.69, 9.17) is 0 Å². The molecule has 1 aromatic rings. The molecule has 0 aromatic carbocycles. The zero-order valence-electron chi connectivity index (χ0n) is 5.21. The molecule has 1 aromatic heterocycles. The van der Waals surface area contributed by atoms with E-state index >= 15 is 0 Å². The summed E-state index contributed by atoms with van der Waals surface area (Å²) in [6.07, 6.45) is 0. The van der Waals surface area contributed by atoms with Crippen molar-refractivity contribution in [2.24, 2.45) is 0 Å². The van der Waals surface area contributed by atoms with Crippen LogP contribution in [0.1, 0.15) is 0 Å². The van der Waals surface area contributed by atoms with Crippen LogP contribution >= 0.6 is 12.6 Å². The Balaban J connectivity index is 2.75. The number of rotatable bonds is 2. The molecule has 0 saturated heterocycles. The normalized spacial score (nSPS) is 9.40. The lowest BCUT2D eigenvalue weighted by molar-refractivity contribution is 0.585. The Morgan fingerprint density at radius 1 is 1.60 bits per heavy atom. The molecular formula is C6H7FN2S. The molecule has 0 saturated carbocycles. The minimum atomic E-state index is -0.480. The van der Waals surface area contributed by atoms with Gasteiger partial charge in [-0.3, -0.25) is 0 Å². The van der Waals surface area contributed by atoms with Gasteiger partial charge in [0.1, 0.15) is 5.82 Å². The van der Waals surface area contributed by atoms with Gasteiger partial charge in [-0.05, 0) is 12.1 Å². The van der Waals surface area contributed by atoms with Gasteiger partial charge >= 0.3 is 0 Å². The Labute approximate surface area is 63.9 Å². The van der Waals surface area contributed by atoms with E-state index in [0.29, 0.717) is 11.7 Å². The smallest absolute Gasteiger partial charge is 0.214 e. The van der Waals surface area contributed by atoms with Crippen LogP contribution in [-0.4, -0.2) is 10.9 Å². The number of anilines is 1. The fourth-order valence-electron chi connectivity index (χ4n) is 0.588. The third-order valence-electron chi connectivity index (χ3n) is 0.975. The largest absolute Gasteiger partial charge is 0.361 e. The van der Waals surface area contributed by atoms with Gasteiger partial charge in [-0.1, -0.05) is 6.07 Å². The van der Waals surface area contributed by atoms with E-state index in [2.05, 4.69) is 22.9 Å². The molecule has 0 aliphatic carbocycles. The summed E-state index contributed by atoms with van der Waals surface area (Å²) >= 11 is 3.89. The molecule has 0 aliphatic heterocycles. The molecule has 1 heterocycles. The lowest BCUT2D eigenvalue weighted by Gasteiger charge is -1.98. The van der Waals surface area contributed by atoms with Crippen LogP contribution in [0, 0.1) is 5.95 Å². The van der Waals surface area contributed by atoms with Gasteiger partial charge in [0.15, 0.2) is 0 Å². The molecule has 0 bridgehead atoms. The van der Waals surface area contributed by atoms with Gasteiger partial charge in [0, 0.05) is 0 Å². The highest BCUT2D eigenvalue weighted by molar-refractivity contribution is 7.80. The maximum atomic E-state index is 12.3. The van der Waals surface area contributed by atoms with Crippen LogP contribution in [0.15, 0.2) is 18.2 Å². The topological polar surface area (TPSA) is 24.9 Å². The van der Waals surface area contributed by atoms with Crippen molar-refractivity contribution in [3.05, 3.63) is 24.1 Å². The van der Waals surface area contributed by atoms with E-state index in [1.165, 1.54) is 6.07 Å². The van der Waals surface area contributed by atoms with Gasteiger partial charge in [-0.15, -0.1) is 0 Å². The molecular weight excluding hydrogens is 151 g/mol. The van der Waals surface area contributed by atoms with E-state index < -0.39 is 5.95 Å². The lowest BCUT2D eigenvalue weighted by atomic mass is 10.5. The highest BCUT2D eigenvalue weighted by atomic mass is 32.1. The molecule has 1 N–H and O–H groups in total. The summed E-state index contributed by atoms with van der Waals surface area (Å²) in [6, 6.07) is 4.57. The number of hydrogen-bond acceptors (Lipinski definition) is 3. The summed E-state index contributed by atoms with van der Waals surface area (Å²) in [5.41, 5.74) is 0. The van der Waals surface area contributed by atoms with Gasteiger partial charge in [-0.25, -0.2) is 4.98 Å². The van der Waals surface area contributed by atoms with E-state index in [1.807, 2.05) is 0 Å². The van der Waals surface area contributed by atoms with Crippen LogP contribution in [0.2, 0.25) is 0 Å². The second kappa shape index (κ2) is 3.41. The molecule has 0 fully saturated rings. The first-order valence-electron chi connectivity index (χ1n) is 2.80. The Hall–Kier alpha value is -0.770. The molecule has 4 heteroatoms. The summed E-state index contributed by atoms with van der Waals surface area (Å²) in [5.74, 6) is 0.484. The first-order chi connectivity index (χ1) is 4.83. The quantitative estimate of drug-likeness (QED) is 0.387. The van der Waals surface area contributed by atoms with Gasteiger partial charge < -0.3 is 5.32 Å². The average molecular weight is 158 g/mol. The van der Waals surface area contributed by atoms with E-state index in [-0.39, 0.29) is 0 Å². The molecule has 0 radical (unpaired) electrons. The zero-order valence-corrected chi connectivity index (χ0v) is 6.11. The highest BCUT2D eigenvalue weighted by Gasteiger charge is 1.91. The van der Waals surface area contributed by atoms with Gasteiger partial charge in [0.05, 0.1) is 5.88 Å². The lowest BCUT2D eigenvalue weighted by Crippen LogP contribution is -1.97. The predicted octanol–water partition coefficient (Wildman–Crippen LogP) is 1.52. The standard InChI is InChI=1S/C6H7FN2S/c7-5-2-1-3-6(9-5)8-4-10/h1-3,10H,4H2,(H,8,9). The van der Waals surface area contributed by atoms with Crippen molar-refractivity contribution in [3.8, 4) is 0 Å². The summed E-state index contributed by atoms with van der Waals surface area (Å²) in [5, 5.41) is 2.76. The Kier molecular flexibility index (Phi) is 2.50. The Morgan fingerprint density at radius 2 is 2.40 bits per heavy atom. The summed E-state index contributed by atoms with van der Waals surface area (Å²) in [7, 11) is 0. The van der Waals surface area contributed by atoms with Gasteiger partial charge in [0.2, 0.25) is 5.95 Å². The summed E-state index contributed by atoms with van der Waals surface area (Å²) in [4.78, 5) is 3.54. The number of thiol groups is 1. The maximum Gasteiger partial charge on any atom is 0.214 e. The second-order valence-electron chi connectivity index (χ2n) is 1.68. The molecule has 54 valence electrons. The van der Waals surface area contributed by atoms with Crippen LogP contribution in [0.5, 0.6) is 0 Å². The van der Waals surface area contributed by atoms with Crippen molar-refractivity contribution in [3.63, 3.8) is 0 Å². The molecule has 0 atom stereocenters. The third-order valence-corrected chi connectivity index (χ3v) is 1.13. The fourth-order valence-corrected chi connectivity index (χ4v) is 0.750. The van der Waals surface area contributed by atoms with Crippen molar-refractivity contribution in [2.45, 2.75) is 0 Å². The van der Waals surface area contributed by atoms with Gasteiger partial charge in [-0.2, -0.15) is 17.0 Å². The SMILES string of the molecule is Fc1cccc(NCS)n1. The van der Waals surface area contributed by atoms with E-state index in [0.717, 1.165) is 0 Å². The minimum absolute atomic E-state index is 0.455. The number of halogens is 1.